The van der Waals surface area contributed by atoms with Gasteiger partial charge >= 0.3 is 0 Å². The lowest BCUT2D eigenvalue weighted by Crippen LogP contribution is -2.35. The van der Waals surface area contributed by atoms with Gasteiger partial charge in [0.15, 0.2) is 0 Å². The van der Waals surface area contributed by atoms with Gasteiger partial charge in [0.1, 0.15) is 0 Å². The largest absolute Gasteiger partial charge is 0.280 e. The second kappa shape index (κ2) is 5.21. The van der Waals surface area contributed by atoms with Gasteiger partial charge in [-0.2, -0.15) is 0 Å². The van der Waals surface area contributed by atoms with Crippen LogP contribution < -0.4 is 4.90 Å². The molecule has 0 unspecified atom stereocenters. The Morgan fingerprint density at radius 2 is 1.76 bits per heavy atom. The van der Waals surface area contributed by atoms with Gasteiger partial charge in [0, 0.05) is 5.69 Å². The molecule has 0 spiro atoms. The highest BCUT2D eigenvalue weighted by atomic mass is 16.2. The topological polar surface area (TPSA) is 20.3 Å². The van der Waals surface area contributed by atoms with Crippen molar-refractivity contribution >= 4 is 17.3 Å². The minimum absolute atomic E-state index is 0.150. The van der Waals surface area contributed by atoms with Crippen LogP contribution >= 0.6 is 0 Å². The molecule has 0 aromatic heterocycles. The number of para-hydroxylation sites is 2. The molecule has 21 heavy (non-hydrogen) atoms. The molecule has 2 aromatic rings. The van der Waals surface area contributed by atoms with E-state index in [1.807, 2.05) is 66.4 Å². The first kappa shape index (κ1) is 13.6. The standard InChI is InChI=1S/C19H19NO/c1-3-4-14-19(2)16-12-8-9-13-17(16)20(18(19)21)15-10-6-5-7-11-15/h3,5-13H,1,4,14H2,2H3/t19-/m0/s1. The molecule has 0 saturated carbocycles. The Balaban J connectivity index is 2.13. The first-order valence-electron chi connectivity index (χ1n) is 7.28. The van der Waals surface area contributed by atoms with Crippen molar-refractivity contribution in [3.8, 4) is 0 Å². The average molecular weight is 277 g/mol. The highest BCUT2D eigenvalue weighted by Gasteiger charge is 2.46. The number of hydrogen-bond acceptors (Lipinski definition) is 1. The zero-order valence-electron chi connectivity index (χ0n) is 12.3. The number of fused-ring (bicyclic) bond motifs is 1. The van der Waals surface area contributed by atoms with Crippen LogP contribution in [-0.4, -0.2) is 5.91 Å². The summed E-state index contributed by atoms with van der Waals surface area (Å²) < 4.78 is 0. The number of rotatable bonds is 4. The minimum atomic E-state index is -0.472. The number of anilines is 2. The minimum Gasteiger partial charge on any atom is -0.280 e. The molecule has 2 heteroatoms. The van der Waals surface area contributed by atoms with E-state index < -0.39 is 5.41 Å². The van der Waals surface area contributed by atoms with Gasteiger partial charge < -0.3 is 0 Å². The Bertz CT molecular complexity index is 677. The summed E-state index contributed by atoms with van der Waals surface area (Å²) >= 11 is 0. The third-order valence-electron chi connectivity index (χ3n) is 4.28. The SMILES string of the molecule is C=CCC[C@]1(C)C(=O)N(c2ccccc2)c2ccccc21. The Morgan fingerprint density at radius 1 is 1.10 bits per heavy atom. The maximum Gasteiger partial charge on any atom is 0.242 e. The van der Waals surface area contributed by atoms with Crippen molar-refractivity contribution < 1.29 is 4.79 Å². The molecule has 2 aromatic carbocycles. The number of amides is 1. The van der Waals surface area contributed by atoms with Crippen molar-refractivity contribution in [2.45, 2.75) is 25.2 Å². The molecule has 0 radical (unpaired) electrons. The highest BCUT2D eigenvalue weighted by Crippen LogP contribution is 2.47. The Labute approximate surface area is 125 Å². The van der Waals surface area contributed by atoms with Crippen molar-refractivity contribution in [1.82, 2.24) is 0 Å². The summed E-state index contributed by atoms with van der Waals surface area (Å²) in [4.78, 5) is 14.9. The van der Waals surface area contributed by atoms with E-state index in [9.17, 15) is 4.79 Å². The molecule has 3 rings (SSSR count). The number of allylic oxidation sites excluding steroid dienone is 1. The summed E-state index contributed by atoms with van der Waals surface area (Å²) in [6.45, 7) is 5.83. The predicted molar refractivity (Wildman–Crippen MR) is 86.8 cm³/mol. The number of carbonyl (C=O) groups is 1. The van der Waals surface area contributed by atoms with Crippen LogP contribution in [0.4, 0.5) is 11.4 Å². The molecule has 0 fully saturated rings. The quantitative estimate of drug-likeness (QED) is 0.748. The van der Waals surface area contributed by atoms with E-state index in [1.54, 1.807) is 0 Å². The van der Waals surface area contributed by atoms with Gasteiger partial charge in [-0.1, -0.05) is 42.5 Å². The zero-order chi connectivity index (χ0) is 14.9. The molecule has 0 saturated heterocycles. The Hall–Kier alpha value is -2.35. The molecule has 1 aliphatic rings. The zero-order valence-corrected chi connectivity index (χ0v) is 12.3. The number of carbonyl (C=O) groups excluding carboxylic acids is 1. The van der Waals surface area contributed by atoms with E-state index in [0.29, 0.717) is 0 Å². The molecular weight excluding hydrogens is 258 g/mol. The first-order chi connectivity index (χ1) is 10.2. The van der Waals surface area contributed by atoms with E-state index in [4.69, 9.17) is 0 Å². The van der Waals surface area contributed by atoms with Crippen LogP contribution in [0.1, 0.15) is 25.3 Å². The molecule has 1 amide bonds. The fourth-order valence-corrected chi connectivity index (χ4v) is 3.07. The van der Waals surface area contributed by atoms with Crippen molar-refractivity contribution in [2.24, 2.45) is 0 Å². The van der Waals surface area contributed by atoms with Gasteiger partial charge in [-0.3, -0.25) is 9.69 Å². The van der Waals surface area contributed by atoms with Gasteiger partial charge in [0.25, 0.3) is 0 Å². The average Bonchev–Trinajstić information content (AvgIpc) is 2.75. The van der Waals surface area contributed by atoms with Crippen LogP contribution in [0.15, 0.2) is 67.3 Å². The van der Waals surface area contributed by atoms with E-state index in [1.165, 1.54) is 0 Å². The number of benzene rings is 2. The second-order valence-electron chi connectivity index (χ2n) is 5.65. The summed E-state index contributed by atoms with van der Waals surface area (Å²) in [5.41, 5.74) is 2.57. The Morgan fingerprint density at radius 3 is 2.48 bits per heavy atom. The van der Waals surface area contributed by atoms with Crippen molar-refractivity contribution in [2.75, 3.05) is 4.90 Å². The molecule has 1 heterocycles. The van der Waals surface area contributed by atoms with Gasteiger partial charge in [0.2, 0.25) is 5.91 Å². The molecule has 0 N–H and O–H groups in total. The maximum atomic E-state index is 13.1. The molecule has 1 atom stereocenters. The van der Waals surface area contributed by atoms with Gasteiger partial charge in [-0.25, -0.2) is 0 Å². The van der Waals surface area contributed by atoms with Gasteiger partial charge in [0.05, 0.1) is 11.1 Å². The van der Waals surface area contributed by atoms with Crippen molar-refractivity contribution in [1.29, 1.82) is 0 Å². The summed E-state index contributed by atoms with van der Waals surface area (Å²) in [7, 11) is 0. The lowest BCUT2D eigenvalue weighted by molar-refractivity contribution is -0.122. The van der Waals surface area contributed by atoms with Crippen LogP contribution in [-0.2, 0) is 10.2 Å². The molecule has 106 valence electrons. The van der Waals surface area contributed by atoms with Gasteiger partial charge in [-0.05, 0) is 43.5 Å². The van der Waals surface area contributed by atoms with E-state index in [-0.39, 0.29) is 5.91 Å². The molecule has 0 bridgehead atoms. The van der Waals surface area contributed by atoms with Crippen LogP contribution in [0.3, 0.4) is 0 Å². The molecule has 1 aliphatic heterocycles. The summed E-state index contributed by atoms with van der Waals surface area (Å²) in [5, 5.41) is 0. The van der Waals surface area contributed by atoms with Crippen LogP contribution in [0.2, 0.25) is 0 Å². The lowest BCUT2D eigenvalue weighted by atomic mass is 9.79. The molecule has 0 aliphatic carbocycles. The van der Waals surface area contributed by atoms with Crippen LogP contribution in [0.5, 0.6) is 0 Å². The Kier molecular flexibility index (Phi) is 3.38. The summed E-state index contributed by atoms with van der Waals surface area (Å²) in [5.74, 6) is 0.150. The summed E-state index contributed by atoms with van der Waals surface area (Å²) in [6.07, 6.45) is 3.50. The van der Waals surface area contributed by atoms with E-state index in [0.717, 1.165) is 29.8 Å². The monoisotopic (exact) mass is 277 g/mol. The van der Waals surface area contributed by atoms with Crippen molar-refractivity contribution in [3.05, 3.63) is 72.8 Å². The molecular formula is C19H19NO. The van der Waals surface area contributed by atoms with Crippen LogP contribution in [0, 0.1) is 0 Å². The smallest absolute Gasteiger partial charge is 0.242 e. The maximum absolute atomic E-state index is 13.1. The normalized spacial score (nSPS) is 20.4. The number of hydrogen-bond donors (Lipinski definition) is 0. The fraction of sp³-hybridized carbons (Fsp3) is 0.211. The van der Waals surface area contributed by atoms with E-state index >= 15 is 0 Å². The predicted octanol–water partition coefficient (Wildman–Crippen LogP) is 4.59. The summed E-state index contributed by atoms with van der Waals surface area (Å²) in [6, 6.07) is 17.9. The number of nitrogens with zero attached hydrogens (tertiary/aromatic N) is 1. The van der Waals surface area contributed by atoms with E-state index in [2.05, 4.69) is 12.6 Å². The van der Waals surface area contributed by atoms with Gasteiger partial charge in [-0.15, -0.1) is 6.58 Å². The van der Waals surface area contributed by atoms with Crippen LogP contribution in [0.25, 0.3) is 0 Å². The second-order valence-corrected chi connectivity index (χ2v) is 5.65. The first-order valence-corrected chi connectivity index (χ1v) is 7.28. The highest BCUT2D eigenvalue weighted by molar-refractivity contribution is 6.12. The van der Waals surface area contributed by atoms with Crippen molar-refractivity contribution in [3.63, 3.8) is 0 Å². The fourth-order valence-electron chi connectivity index (χ4n) is 3.07. The molecule has 2 nitrogen and oxygen atoms in total. The third kappa shape index (κ3) is 2.07. The third-order valence-corrected chi connectivity index (χ3v) is 4.28. The lowest BCUT2D eigenvalue weighted by Gasteiger charge is -2.24.